The van der Waals surface area contributed by atoms with Gasteiger partial charge in [-0.3, -0.25) is 9.69 Å². The zero-order valence-electron chi connectivity index (χ0n) is 16.9. The maximum Gasteiger partial charge on any atom is 0.222 e. The number of hydrogen-bond donors (Lipinski definition) is 1. The lowest BCUT2D eigenvalue weighted by Gasteiger charge is -2.33. The number of morpholine rings is 1. The van der Waals surface area contributed by atoms with Crippen molar-refractivity contribution in [3.05, 3.63) is 16.3 Å². The number of rotatable bonds is 4. The van der Waals surface area contributed by atoms with Gasteiger partial charge in [0.15, 0.2) is 0 Å². The van der Waals surface area contributed by atoms with Crippen molar-refractivity contribution in [1.82, 2.24) is 14.9 Å². The Hall–Kier alpha value is -1.77. The largest absolute Gasteiger partial charge is 0.379 e. The molecular formula is C21H29N5O2S. The fourth-order valence-electron chi connectivity index (χ4n) is 4.84. The number of aryl methyl sites for hydroxylation is 2. The molecule has 1 aliphatic carbocycles. The number of primary amides is 1. The van der Waals surface area contributed by atoms with E-state index < -0.39 is 0 Å². The first kappa shape index (κ1) is 19.2. The lowest BCUT2D eigenvalue weighted by atomic mass is 9.95. The Morgan fingerprint density at radius 1 is 1.14 bits per heavy atom. The van der Waals surface area contributed by atoms with Gasteiger partial charge < -0.3 is 15.4 Å². The molecule has 0 unspecified atom stereocenters. The maximum atomic E-state index is 11.9. The van der Waals surface area contributed by atoms with Gasteiger partial charge in [0.2, 0.25) is 5.91 Å². The third-order valence-electron chi connectivity index (χ3n) is 6.43. The second-order valence-electron chi connectivity index (χ2n) is 8.43. The summed E-state index contributed by atoms with van der Waals surface area (Å²) >= 11 is 1.85. The second kappa shape index (κ2) is 8.16. The van der Waals surface area contributed by atoms with Crippen LogP contribution in [0.25, 0.3) is 10.2 Å². The molecule has 29 heavy (non-hydrogen) atoms. The van der Waals surface area contributed by atoms with Crippen LogP contribution in [0.3, 0.4) is 0 Å². The summed E-state index contributed by atoms with van der Waals surface area (Å²) in [7, 11) is 0. The molecule has 2 aromatic heterocycles. The van der Waals surface area contributed by atoms with Crippen molar-refractivity contribution < 1.29 is 9.53 Å². The Kier molecular flexibility index (Phi) is 5.41. The number of amides is 1. The monoisotopic (exact) mass is 415 g/mol. The number of fused-ring (bicyclic) bond motifs is 3. The van der Waals surface area contributed by atoms with Crippen LogP contribution in [0.4, 0.5) is 5.82 Å². The second-order valence-corrected chi connectivity index (χ2v) is 9.51. The molecule has 2 aliphatic heterocycles. The highest BCUT2D eigenvalue weighted by molar-refractivity contribution is 7.19. The normalized spacial score (nSPS) is 23.3. The van der Waals surface area contributed by atoms with E-state index in [4.69, 9.17) is 20.4 Å². The van der Waals surface area contributed by atoms with Gasteiger partial charge in [-0.1, -0.05) is 0 Å². The number of thiophene rings is 1. The minimum Gasteiger partial charge on any atom is -0.379 e. The third-order valence-corrected chi connectivity index (χ3v) is 7.62. The van der Waals surface area contributed by atoms with E-state index in [0.29, 0.717) is 6.54 Å². The van der Waals surface area contributed by atoms with E-state index in [2.05, 4.69) is 9.80 Å². The Morgan fingerprint density at radius 3 is 2.79 bits per heavy atom. The van der Waals surface area contributed by atoms with Gasteiger partial charge in [0, 0.05) is 31.1 Å². The number of anilines is 1. The van der Waals surface area contributed by atoms with Gasteiger partial charge in [-0.15, -0.1) is 11.3 Å². The molecule has 2 N–H and O–H groups in total. The first-order valence-electron chi connectivity index (χ1n) is 10.8. The Morgan fingerprint density at radius 2 is 1.97 bits per heavy atom. The van der Waals surface area contributed by atoms with Crippen LogP contribution in [0.1, 0.15) is 41.9 Å². The molecular weight excluding hydrogens is 386 g/mol. The van der Waals surface area contributed by atoms with Gasteiger partial charge in [-0.05, 0) is 44.1 Å². The van der Waals surface area contributed by atoms with E-state index >= 15 is 0 Å². The first-order valence-corrected chi connectivity index (χ1v) is 11.7. The van der Waals surface area contributed by atoms with Crippen molar-refractivity contribution >= 4 is 33.3 Å². The molecule has 2 aromatic rings. The molecule has 3 aliphatic rings. The average Bonchev–Trinajstić information content (AvgIpc) is 3.12. The fraction of sp³-hybridized carbons (Fsp3) is 0.667. The number of ether oxygens (including phenoxy) is 1. The predicted molar refractivity (Wildman–Crippen MR) is 114 cm³/mol. The van der Waals surface area contributed by atoms with Gasteiger partial charge >= 0.3 is 0 Å². The number of nitrogens with two attached hydrogens (primary N) is 1. The molecule has 156 valence electrons. The maximum absolute atomic E-state index is 11.9. The van der Waals surface area contributed by atoms with E-state index in [1.54, 1.807) is 0 Å². The summed E-state index contributed by atoms with van der Waals surface area (Å²) in [5, 5.41) is 1.24. The van der Waals surface area contributed by atoms with Crippen LogP contribution in [0.15, 0.2) is 0 Å². The Balaban J connectivity index is 1.55. The topological polar surface area (TPSA) is 84.6 Å². The van der Waals surface area contributed by atoms with Crippen LogP contribution in [0.5, 0.6) is 0 Å². The molecule has 2 saturated heterocycles. The van der Waals surface area contributed by atoms with Crippen LogP contribution >= 0.6 is 11.3 Å². The lowest BCUT2D eigenvalue weighted by molar-refractivity contribution is -0.122. The molecule has 0 spiro atoms. The Labute approximate surface area is 175 Å². The highest BCUT2D eigenvalue weighted by Gasteiger charge is 2.29. The zero-order chi connectivity index (χ0) is 19.8. The molecule has 0 aromatic carbocycles. The number of carbonyl (C=O) groups excluding carboxylic acids is 1. The zero-order valence-corrected chi connectivity index (χ0v) is 17.7. The SMILES string of the molecule is NC(=O)[C@H]1CCCN(c2nc(CN3CCOCC3)nc3sc4c(c23)CCCC4)C1. The van der Waals surface area contributed by atoms with Crippen LogP contribution in [-0.4, -0.2) is 60.2 Å². The fourth-order valence-corrected chi connectivity index (χ4v) is 6.12. The van der Waals surface area contributed by atoms with Crippen molar-refractivity contribution in [2.45, 2.75) is 45.1 Å². The van der Waals surface area contributed by atoms with E-state index in [1.165, 1.54) is 28.7 Å². The summed E-state index contributed by atoms with van der Waals surface area (Å²) in [6.45, 7) is 5.74. The highest BCUT2D eigenvalue weighted by atomic mass is 32.1. The third kappa shape index (κ3) is 3.85. The van der Waals surface area contributed by atoms with E-state index in [-0.39, 0.29) is 11.8 Å². The molecule has 8 heteroatoms. The minimum absolute atomic E-state index is 0.0917. The van der Waals surface area contributed by atoms with E-state index in [0.717, 1.165) is 81.5 Å². The average molecular weight is 416 g/mol. The van der Waals surface area contributed by atoms with Gasteiger partial charge in [0.25, 0.3) is 0 Å². The molecule has 7 nitrogen and oxygen atoms in total. The molecule has 0 radical (unpaired) electrons. The van der Waals surface area contributed by atoms with Crippen LogP contribution in [0.2, 0.25) is 0 Å². The van der Waals surface area contributed by atoms with Gasteiger partial charge in [0.05, 0.1) is 31.1 Å². The van der Waals surface area contributed by atoms with Crippen LogP contribution in [0, 0.1) is 5.92 Å². The highest BCUT2D eigenvalue weighted by Crippen LogP contribution is 2.40. The van der Waals surface area contributed by atoms with Crippen molar-refractivity contribution in [1.29, 1.82) is 0 Å². The number of carbonyl (C=O) groups is 1. The van der Waals surface area contributed by atoms with Crippen molar-refractivity contribution in [3.63, 3.8) is 0 Å². The number of piperidine rings is 1. The summed E-state index contributed by atoms with van der Waals surface area (Å²) in [6, 6.07) is 0. The van der Waals surface area contributed by atoms with Gasteiger partial charge in [-0.25, -0.2) is 9.97 Å². The van der Waals surface area contributed by atoms with Crippen molar-refractivity contribution in [2.75, 3.05) is 44.3 Å². The molecule has 1 atom stereocenters. The lowest BCUT2D eigenvalue weighted by Crippen LogP contribution is -2.42. The smallest absolute Gasteiger partial charge is 0.222 e. The molecule has 4 heterocycles. The summed E-state index contributed by atoms with van der Waals surface area (Å²) in [5.74, 6) is 1.63. The van der Waals surface area contributed by atoms with Crippen LogP contribution in [-0.2, 0) is 28.9 Å². The number of hydrogen-bond acceptors (Lipinski definition) is 7. The summed E-state index contributed by atoms with van der Waals surface area (Å²) in [4.78, 5) is 29.2. The summed E-state index contributed by atoms with van der Waals surface area (Å²) in [6.07, 6.45) is 6.61. The number of nitrogens with zero attached hydrogens (tertiary/aromatic N) is 4. The molecule has 5 rings (SSSR count). The predicted octanol–water partition coefficient (Wildman–Crippen LogP) is 2.10. The van der Waals surface area contributed by atoms with Gasteiger partial charge in [0.1, 0.15) is 16.5 Å². The summed E-state index contributed by atoms with van der Waals surface area (Å²) < 4.78 is 5.48. The number of aromatic nitrogens is 2. The van der Waals surface area contributed by atoms with Crippen LogP contribution < -0.4 is 10.6 Å². The molecule has 0 bridgehead atoms. The molecule has 1 amide bonds. The van der Waals surface area contributed by atoms with E-state index in [9.17, 15) is 4.79 Å². The quantitative estimate of drug-likeness (QED) is 0.823. The first-order chi connectivity index (χ1) is 14.2. The minimum atomic E-state index is -0.194. The summed E-state index contributed by atoms with van der Waals surface area (Å²) in [5.41, 5.74) is 7.10. The molecule has 0 saturated carbocycles. The van der Waals surface area contributed by atoms with Crippen molar-refractivity contribution in [2.24, 2.45) is 11.7 Å². The Bertz CT molecular complexity index is 908. The van der Waals surface area contributed by atoms with Gasteiger partial charge in [-0.2, -0.15) is 0 Å². The van der Waals surface area contributed by atoms with Crippen molar-refractivity contribution in [3.8, 4) is 0 Å². The molecule has 2 fully saturated rings. The van der Waals surface area contributed by atoms with E-state index in [1.807, 2.05) is 11.3 Å². The standard InChI is InChI=1S/C21H29N5O2S/c22-19(27)14-4-3-7-26(12-14)20-18-15-5-1-2-6-16(15)29-21(18)24-17(23-20)13-25-8-10-28-11-9-25/h14H,1-13H2,(H2,22,27)/t14-/m0/s1.